The lowest BCUT2D eigenvalue weighted by molar-refractivity contribution is 0.483. The van der Waals surface area contributed by atoms with E-state index >= 15 is 0 Å². The maximum absolute atomic E-state index is 11.0. The van der Waals surface area contributed by atoms with Crippen molar-refractivity contribution in [3.05, 3.63) is 17.7 Å². The highest BCUT2D eigenvalue weighted by Crippen LogP contribution is 2.22. The van der Waals surface area contributed by atoms with Gasteiger partial charge in [0.2, 0.25) is 0 Å². The second kappa shape index (κ2) is 2.76. The number of aromatic nitrogens is 3. The third-order valence-corrected chi connectivity index (χ3v) is 2.93. The molecular weight excluding hydrogens is 206 g/mol. The van der Waals surface area contributed by atoms with Crippen molar-refractivity contribution in [2.75, 3.05) is 0 Å². The van der Waals surface area contributed by atoms with E-state index < -0.39 is 10.1 Å². The molecule has 2 N–H and O–H groups in total. The summed E-state index contributed by atoms with van der Waals surface area (Å²) in [5, 5.41) is 9.69. The molecule has 1 aromatic heterocycles. The highest BCUT2D eigenvalue weighted by molar-refractivity contribution is 7.86. The van der Waals surface area contributed by atoms with Gasteiger partial charge in [-0.15, -0.1) is 0 Å². The third-order valence-electron chi connectivity index (χ3n) is 1.90. The molecule has 74 valence electrons. The average molecular weight is 213 g/mol. The number of fused-ring (bicyclic) bond motifs is 1. The van der Waals surface area contributed by atoms with Crippen LogP contribution in [0.1, 0.15) is 5.56 Å². The molecule has 0 saturated heterocycles. The molecule has 6 nitrogen and oxygen atoms in total. The standard InChI is InChI=1S/C7H7N3O3S/c1-4-2-3-5-6(9-10-8-5)7(4)14(11,12)13/h2-3H,1H3,(H,8,9,10)(H,11,12,13). The number of nitrogens with one attached hydrogen (secondary N) is 1. The van der Waals surface area contributed by atoms with Crippen molar-refractivity contribution in [1.29, 1.82) is 0 Å². The van der Waals surface area contributed by atoms with Crippen LogP contribution in [0.25, 0.3) is 11.0 Å². The fourth-order valence-corrected chi connectivity index (χ4v) is 2.18. The summed E-state index contributed by atoms with van der Waals surface area (Å²) in [5.74, 6) is 0. The van der Waals surface area contributed by atoms with Crippen LogP contribution in [-0.4, -0.2) is 28.4 Å². The molecule has 0 fully saturated rings. The van der Waals surface area contributed by atoms with Gasteiger partial charge in [0.25, 0.3) is 10.1 Å². The van der Waals surface area contributed by atoms with Gasteiger partial charge in [0.1, 0.15) is 15.9 Å². The first-order valence-electron chi connectivity index (χ1n) is 3.78. The zero-order chi connectivity index (χ0) is 10.3. The Morgan fingerprint density at radius 1 is 1.36 bits per heavy atom. The zero-order valence-electron chi connectivity index (χ0n) is 7.22. The number of H-pyrrole nitrogens is 1. The molecule has 0 saturated carbocycles. The maximum atomic E-state index is 11.0. The Morgan fingerprint density at radius 2 is 2.07 bits per heavy atom. The van der Waals surface area contributed by atoms with E-state index in [-0.39, 0.29) is 10.4 Å². The lowest BCUT2D eigenvalue weighted by atomic mass is 10.2. The average Bonchev–Trinajstić information content (AvgIpc) is 2.48. The number of hydrogen-bond acceptors (Lipinski definition) is 4. The molecule has 0 aliphatic carbocycles. The van der Waals surface area contributed by atoms with E-state index in [9.17, 15) is 8.42 Å². The number of benzene rings is 1. The molecule has 0 aliphatic rings. The molecule has 0 amide bonds. The Balaban J connectivity index is 2.98. The van der Waals surface area contributed by atoms with Crippen LogP contribution < -0.4 is 0 Å². The Kier molecular flexibility index (Phi) is 1.79. The predicted molar refractivity (Wildman–Crippen MR) is 48.4 cm³/mol. The van der Waals surface area contributed by atoms with Gasteiger partial charge in [-0.3, -0.25) is 4.55 Å². The summed E-state index contributed by atoms with van der Waals surface area (Å²) in [6.07, 6.45) is 0. The Hall–Kier alpha value is -1.47. The first-order chi connectivity index (χ1) is 6.50. The summed E-state index contributed by atoms with van der Waals surface area (Å²) in [7, 11) is -4.25. The Morgan fingerprint density at radius 3 is 2.71 bits per heavy atom. The molecule has 1 aromatic carbocycles. The molecule has 0 radical (unpaired) electrons. The minimum atomic E-state index is -4.25. The summed E-state index contributed by atoms with van der Waals surface area (Å²) in [5.41, 5.74) is 1.00. The summed E-state index contributed by atoms with van der Waals surface area (Å²) < 4.78 is 31.1. The fourth-order valence-electron chi connectivity index (χ4n) is 1.31. The topological polar surface area (TPSA) is 95.9 Å². The number of hydrogen-bond donors (Lipinski definition) is 2. The van der Waals surface area contributed by atoms with Crippen LogP contribution in [0.3, 0.4) is 0 Å². The molecule has 7 heteroatoms. The zero-order valence-corrected chi connectivity index (χ0v) is 8.04. The summed E-state index contributed by atoms with van der Waals surface area (Å²) in [6, 6.07) is 3.19. The van der Waals surface area contributed by atoms with Crippen molar-refractivity contribution in [2.24, 2.45) is 0 Å². The van der Waals surface area contributed by atoms with Gasteiger partial charge >= 0.3 is 0 Å². The van der Waals surface area contributed by atoms with E-state index in [0.717, 1.165) is 0 Å². The van der Waals surface area contributed by atoms with Crippen molar-refractivity contribution < 1.29 is 13.0 Å². The first kappa shape index (κ1) is 9.10. The van der Waals surface area contributed by atoms with Gasteiger partial charge in [-0.25, -0.2) is 0 Å². The van der Waals surface area contributed by atoms with Gasteiger partial charge in [0, 0.05) is 0 Å². The van der Waals surface area contributed by atoms with Crippen molar-refractivity contribution in [2.45, 2.75) is 11.8 Å². The van der Waals surface area contributed by atoms with Crippen molar-refractivity contribution in [3.8, 4) is 0 Å². The fraction of sp³-hybridized carbons (Fsp3) is 0.143. The molecule has 2 aromatic rings. The van der Waals surface area contributed by atoms with Crippen LogP contribution in [0.5, 0.6) is 0 Å². The molecule has 1 heterocycles. The molecule has 0 bridgehead atoms. The highest BCUT2D eigenvalue weighted by Gasteiger charge is 2.19. The SMILES string of the molecule is Cc1ccc2n[nH]nc2c1S(=O)(=O)O. The van der Waals surface area contributed by atoms with E-state index in [2.05, 4.69) is 15.4 Å². The van der Waals surface area contributed by atoms with Crippen LogP contribution in [0.2, 0.25) is 0 Å². The minimum absolute atomic E-state index is 0.160. The van der Waals surface area contributed by atoms with Crippen LogP contribution >= 0.6 is 0 Å². The minimum Gasteiger partial charge on any atom is -0.282 e. The second-order valence-electron chi connectivity index (χ2n) is 2.88. The normalized spacial score (nSPS) is 12.1. The van der Waals surface area contributed by atoms with Gasteiger partial charge in [0.05, 0.1) is 0 Å². The van der Waals surface area contributed by atoms with Crippen LogP contribution in [0.4, 0.5) is 0 Å². The van der Waals surface area contributed by atoms with Crippen molar-refractivity contribution >= 4 is 21.2 Å². The molecular formula is C7H7N3O3S. The summed E-state index contributed by atoms with van der Waals surface area (Å²) in [6.45, 7) is 1.58. The molecule has 2 rings (SSSR count). The van der Waals surface area contributed by atoms with Crippen LogP contribution in [-0.2, 0) is 10.1 Å². The maximum Gasteiger partial charge on any atom is 0.297 e. The summed E-state index contributed by atoms with van der Waals surface area (Å²) in [4.78, 5) is -0.191. The number of aromatic amines is 1. The largest absolute Gasteiger partial charge is 0.297 e. The van der Waals surface area contributed by atoms with E-state index in [1.165, 1.54) is 0 Å². The van der Waals surface area contributed by atoms with E-state index in [4.69, 9.17) is 4.55 Å². The lowest BCUT2D eigenvalue weighted by Gasteiger charge is -2.00. The van der Waals surface area contributed by atoms with Gasteiger partial charge in [-0.1, -0.05) is 6.07 Å². The van der Waals surface area contributed by atoms with Crippen LogP contribution in [0.15, 0.2) is 17.0 Å². The Bertz CT molecular complexity index is 587. The summed E-state index contributed by atoms with van der Waals surface area (Å²) >= 11 is 0. The monoisotopic (exact) mass is 213 g/mol. The molecule has 14 heavy (non-hydrogen) atoms. The number of aryl methyl sites for hydroxylation is 1. The predicted octanol–water partition coefficient (Wildman–Crippen LogP) is 0.513. The number of rotatable bonds is 1. The molecule has 0 unspecified atom stereocenters. The van der Waals surface area contributed by atoms with Crippen molar-refractivity contribution in [1.82, 2.24) is 15.4 Å². The highest BCUT2D eigenvalue weighted by atomic mass is 32.2. The van der Waals surface area contributed by atoms with E-state index in [0.29, 0.717) is 11.1 Å². The lowest BCUT2D eigenvalue weighted by Crippen LogP contribution is -2.01. The van der Waals surface area contributed by atoms with E-state index in [1.807, 2.05) is 0 Å². The van der Waals surface area contributed by atoms with Crippen LogP contribution in [0, 0.1) is 6.92 Å². The van der Waals surface area contributed by atoms with Gasteiger partial charge in [-0.05, 0) is 18.6 Å². The van der Waals surface area contributed by atoms with Gasteiger partial charge < -0.3 is 0 Å². The Labute approximate surface area is 79.7 Å². The van der Waals surface area contributed by atoms with E-state index in [1.54, 1.807) is 19.1 Å². The van der Waals surface area contributed by atoms with Gasteiger partial charge in [-0.2, -0.15) is 23.8 Å². The van der Waals surface area contributed by atoms with Gasteiger partial charge in [0.15, 0.2) is 0 Å². The number of nitrogens with zero attached hydrogens (tertiary/aromatic N) is 2. The smallest absolute Gasteiger partial charge is 0.282 e. The molecule has 0 spiro atoms. The third kappa shape index (κ3) is 1.26. The molecule has 0 aliphatic heterocycles. The molecule has 0 atom stereocenters. The quantitative estimate of drug-likeness (QED) is 0.673. The van der Waals surface area contributed by atoms with Crippen molar-refractivity contribution in [3.63, 3.8) is 0 Å². The first-order valence-corrected chi connectivity index (χ1v) is 5.22. The second-order valence-corrected chi connectivity index (χ2v) is 4.24.